The number of hydrogen-bond acceptors (Lipinski definition) is 5. The molecule has 3 heterocycles. The second kappa shape index (κ2) is 11.0. The number of rotatable bonds is 5. The van der Waals surface area contributed by atoms with Gasteiger partial charge in [0.15, 0.2) is 0 Å². The van der Waals surface area contributed by atoms with Crippen LogP contribution in [0.4, 0.5) is 0 Å². The molecule has 2 aliphatic heterocycles. The van der Waals surface area contributed by atoms with E-state index >= 15 is 0 Å². The van der Waals surface area contributed by atoms with Gasteiger partial charge in [0.2, 0.25) is 11.8 Å². The van der Waals surface area contributed by atoms with Crippen LogP contribution in [0.2, 0.25) is 0 Å². The molecule has 28 heavy (non-hydrogen) atoms. The normalized spacial score (nSPS) is 19.6. The lowest BCUT2D eigenvalue weighted by Crippen LogP contribution is -2.52. The minimum Gasteiger partial charge on any atom is -0.391 e. The van der Waals surface area contributed by atoms with E-state index in [1.54, 1.807) is 12.4 Å². The van der Waals surface area contributed by atoms with Gasteiger partial charge in [0.05, 0.1) is 12.5 Å². The molecule has 1 atom stereocenters. The zero-order valence-electron chi connectivity index (χ0n) is 16.0. The number of carbonyl (C=O) groups excluding carboxylic acids is 2. The van der Waals surface area contributed by atoms with Crippen LogP contribution in [-0.2, 0) is 16.1 Å². The maximum absolute atomic E-state index is 12.4. The number of aliphatic hydroxyl groups excluding tert-OH is 1. The van der Waals surface area contributed by atoms with E-state index in [4.69, 9.17) is 5.73 Å². The standard InChI is InChI=1S/C19H28N4O3.2ClH/c20-12-16(24)11-18(26)22-9-5-19(6-10-22)4-1-17(25)23(14-19)13-15-2-7-21-8-3-15;;/h2-3,7-8,16,24H,1,4-6,9-14,20H2;2*1H. The van der Waals surface area contributed by atoms with Gasteiger partial charge in [-0.2, -0.15) is 0 Å². The zero-order valence-corrected chi connectivity index (χ0v) is 17.6. The highest BCUT2D eigenvalue weighted by atomic mass is 35.5. The first kappa shape index (κ1) is 24.6. The fraction of sp³-hybridized carbons (Fsp3) is 0.632. The third-order valence-corrected chi connectivity index (χ3v) is 5.73. The van der Waals surface area contributed by atoms with E-state index in [9.17, 15) is 14.7 Å². The third-order valence-electron chi connectivity index (χ3n) is 5.73. The van der Waals surface area contributed by atoms with E-state index in [0.29, 0.717) is 26.1 Å². The molecule has 0 aliphatic carbocycles. The number of nitrogens with zero attached hydrogens (tertiary/aromatic N) is 3. The van der Waals surface area contributed by atoms with Crippen LogP contribution < -0.4 is 5.73 Å². The Hall–Kier alpha value is -1.41. The summed E-state index contributed by atoms with van der Waals surface area (Å²) in [5.74, 6) is 0.176. The molecular formula is C19H30Cl2N4O3. The molecule has 1 unspecified atom stereocenters. The lowest BCUT2D eigenvalue weighted by atomic mass is 9.72. The number of nitrogens with two attached hydrogens (primary N) is 1. The van der Waals surface area contributed by atoms with Crippen molar-refractivity contribution in [1.29, 1.82) is 0 Å². The maximum atomic E-state index is 12.4. The Labute approximate surface area is 178 Å². The molecule has 2 amide bonds. The molecule has 2 aliphatic rings. The smallest absolute Gasteiger partial charge is 0.225 e. The van der Waals surface area contributed by atoms with Crippen LogP contribution in [0.5, 0.6) is 0 Å². The Kier molecular flexibility index (Phi) is 9.63. The van der Waals surface area contributed by atoms with Crippen molar-refractivity contribution >= 4 is 36.6 Å². The first-order valence-electron chi connectivity index (χ1n) is 9.34. The molecule has 7 nitrogen and oxygen atoms in total. The van der Waals surface area contributed by atoms with Gasteiger partial charge in [-0.1, -0.05) is 0 Å². The Bertz CT molecular complexity index is 639. The fourth-order valence-corrected chi connectivity index (χ4v) is 4.01. The van der Waals surface area contributed by atoms with Crippen molar-refractivity contribution in [1.82, 2.24) is 14.8 Å². The summed E-state index contributed by atoms with van der Waals surface area (Å²) >= 11 is 0. The van der Waals surface area contributed by atoms with Gasteiger partial charge in [0, 0.05) is 51.5 Å². The molecular weight excluding hydrogens is 403 g/mol. The van der Waals surface area contributed by atoms with Crippen LogP contribution in [0.1, 0.15) is 37.7 Å². The van der Waals surface area contributed by atoms with E-state index in [-0.39, 0.29) is 55.0 Å². The van der Waals surface area contributed by atoms with Crippen molar-refractivity contribution in [3.05, 3.63) is 30.1 Å². The van der Waals surface area contributed by atoms with Crippen LogP contribution >= 0.6 is 24.8 Å². The monoisotopic (exact) mass is 432 g/mol. The Morgan fingerprint density at radius 3 is 2.46 bits per heavy atom. The molecule has 3 N–H and O–H groups in total. The minimum absolute atomic E-state index is 0. The number of likely N-dealkylation sites (tertiary alicyclic amines) is 2. The van der Waals surface area contributed by atoms with E-state index in [1.165, 1.54) is 0 Å². The fourth-order valence-electron chi connectivity index (χ4n) is 4.01. The van der Waals surface area contributed by atoms with Gasteiger partial charge in [-0.05, 0) is 42.4 Å². The second-order valence-corrected chi connectivity index (χ2v) is 7.58. The molecule has 0 saturated carbocycles. The SMILES string of the molecule is Cl.Cl.NCC(O)CC(=O)N1CCC2(CCC(=O)N(Cc3ccncc3)C2)CC1. The molecule has 0 bridgehead atoms. The number of amides is 2. The van der Waals surface area contributed by atoms with Crippen molar-refractivity contribution in [2.24, 2.45) is 11.1 Å². The maximum Gasteiger partial charge on any atom is 0.225 e. The Morgan fingerprint density at radius 1 is 1.21 bits per heavy atom. The molecule has 9 heteroatoms. The van der Waals surface area contributed by atoms with Crippen LogP contribution in [-0.4, -0.2) is 64.0 Å². The van der Waals surface area contributed by atoms with Gasteiger partial charge in [-0.25, -0.2) is 0 Å². The quantitative estimate of drug-likeness (QED) is 0.731. The molecule has 2 saturated heterocycles. The lowest BCUT2D eigenvalue weighted by molar-refractivity contribution is -0.143. The van der Waals surface area contributed by atoms with Gasteiger partial charge in [0.1, 0.15) is 0 Å². The van der Waals surface area contributed by atoms with Gasteiger partial charge in [0.25, 0.3) is 0 Å². The number of aromatic nitrogens is 1. The van der Waals surface area contributed by atoms with Gasteiger partial charge in [-0.3, -0.25) is 14.6 Å². The molecule has 1 aromatic rings. The molecule has 1 aromatic heterocycles. The van der Waals surface area contributed by atoms with Crippen LogP contribution in [0.25, 0.3) is 0 Å². The van der Waals surface area contributed by atoms with Crippen molar-refractivity contribution < 1.29 is 14.7 Å². The summed E-state index contributed by atoms with van der Waals surface area (Å²) in [6, 6.07) is 3.89. The first-order valence-corrected chi connectivity index (χ1v) is 9.34. The first-order chi connectivity index (χ1) is 12.5. The average Bonchev–Trinajstić information content (AvgIpc) is 2.66. The van der Waals surface area contributed by atoms with Crippen LogP contribution in [0, 0.1) is 5.41 Å². The number of pyridine rings is 1. The van der Waals surface area contributed by atoms with Gasteiger partial charge in [-0.15, -0.1) is 24.8 Å². The van der Waals surface area contributed by atoms with Crippen molar-refractivity contribution in [3.8, 4) is 0 Å². The van der Waals surface area contributed by atoms with Crippen molar-refractivity contribution in [2.45, 2.75) is 44.8 Å². The molecule has 0 aromatic carbocycles. The topological polar surface area (TPSA) is 99.8 Å². The van der Waals surface area contributed by atoms with Crippen LogP contribution in [0.15, 0.2) is 24.5 Å². The van der Waals surface area contributed by atoms with Crippen LogP contribution in [0.3, 0.4) is 0 Å². The van der Waals surface area contributed by atoms with E-state index in [2.05, 4.69) is 4.98 Å². The molecule has 3 rings (SSSR count). The summed E-state index contributed by atoms with van der Waals surface area (Å²) < 4.78 is 0. The largest absolute Gasteiger partial charge is 0.391 e. The third kappa shape index (κ3) is 6.04. The van der Waals surface area contributed by atoms with E-state index in [0.717, 1.165) is 31.4 Å². The number of hydrogen-bond donors (Lipinski definition) is 2. The Balaban J connectivity index is 0.00000196. The predicted octanol–water partition coefficient (Wildman–Crippen LogP) is 1.37. The molecule has 0 radical (unpaired) electrons. The van der Waals surface area contributed by atoms with Crippen molar-refractivity contribution in [2.75, 3.05) is 26.2 Å². The van der Waals surface area contributed by atoms with Gasteiger partial charge < -0.3 is 20.6 Å². The second-order valence-electron chi connectivity index (χ2n) is 7.58. The molecule has 158 valence electrons. The molecule has 2 fully saturated rings. The number of aliphatic hydroxyl groups is 1. The van der Waals surface area contributed by atoms with E-state index < -0.39 is 6.10 Å². The predicted molar refractivity (Wildman–Crippen MR) is 111 cm³/mol. The highest BCUT2D eigenvalue weighted by molar-refractivity contribution is 5.85. The highest BCUT2D eigenvalue weighted by Crippen LogP contribution is 2.40. The van der Waals surface area contributed by atoms with Gasteiger partial charge >= 0.3 is 0 Å². The lowest BCUT2D eigenvalue weighted by Gasteiger charge is -2.47. The summed E-state index contributed by atoms with van der Waals surface area (Å²) in [5.41, 5.74) is 6.58. The average molecular weight is 433 g/mol. The van der Waals surface area contributed by atoms with E-state index in [1.807, 2.05) is 21.9 Å². The number of carbonyl (C=O) groups is 2. The summed E-state index contributed by atoms with van der Waals surface area (Å²) in [4.78, 5) is 32.4. The van der Waals surface area contributed by atoms with Crippen molar-refractivity contribution in [3.63, 3.8) is 0 Å². The number of piperidine rings is 2. The zero-order chi connectivity index (χ0) is 18.6. The molecule has 1 spiro atoms. The summed E-state index contributed by atoms with van der Waals surface area (Å²) in [6.07, 6.45) is 6.10. The Morgan fingerprint density at radius 2 is 1.86 bits per heavy atom. The minimum atomic E-state index is -0.762. The summed E-state index contributed by atoms with van der Waals surface area (Å²) in [6.45, 7) is 2.85. The number of halogens is 2. The summed E-state index contributed by atoms with van der Waals surface area (Å²) in [7, 11) is 0. The highest BCUT2D eigenvalue weighted by Gasteiger charge is 2.41. The summed E-state index contributed by atoms with van der Waals surface area (Å²) in [5, 5.41) is 9.58.